The average molecular weight is 299 g/mol. The third kappa shape index (κ3) is 2.45. The van der Waals surface area contributed by atoms with Crippen LogP contribution in [0.15, 0.2) is 29.1 Å². The van der Waals surface area contributed by atoms with E-state index in [4.69, 9.17) is 0 Å². The van der Waals surface area contributed by atoms with Gasteiger partial charge in [-0.2, -0.15) is 0 Å². The zero-order chi connectivity index (χ0) is 15.1. The summed E-state index contributed by atoms with van der Waals surface area (Å²) in [6, 6.07) is 8.00. The van der Waals surface area contributed by atoms with E-state index in [0.717, 1.165) is 43.4 Å². The Hall–Kier alpha value is -2.04. The molecule has 0 radical (unpaired) electrons. The first kappa shape index (κ1) is 13.6. The minimum absolute atomic E-state index is 0.0380. The van der Waals surface area contributed by atoms with E-state index in [-0.39, 0.29) is 11.7 Å². The molecule has 1 amide bonds. The topological polar surface area (TPSA) is 58.1 Å². The number of amides is 1. The van der Waals surface area contributed by atoms with Gasteiger partial charge in [-0.1, -0.05) is 12.1 Å². The van der Waals surface area contributed by atoms with Gasteiger partial charge < -0.3 is 9.88 Å². The molecule has 0 bridgehead atoms. The van der Waals surface area contributed by atoms with Crippen molar-refractivity contribution in [3.05, 3.63) is 34.7 Å². The number of likely N-dealkylation sites (tertiary alicyclic amines) is 1. The van der Waals surface area contributed by atoms with Crippen LogP contribution in [0, 0.1) is 5.92 Å². The number of hydrogen-bond acceptors (Lipinski definition) is 2. The van der Waals surface area contributed by atoms with Gasteiger partial charge in [-0.05, 0) is 43.7 Å². The summed E-state index contributed by atoms with van der Waals surface area (Å²) in [5, 5.41) is 0. The Morgan fingerprint density at radius 1 is 1.14 bits per heavy atom. The van der Waals surface area contributed by atoms with Gasteiger partial charge in [0.25, 0.3) is 0 Å². The highest BCUT2D eigenvalue weighted by atomic mass is 16.2. The smallest absolute Gasteiger partial charge is 0.326 e. The first-order chi connectivity index (χ1) is 10.7. The highest BCUT2D eigenvalue weighted by Gasteiger charge is 2.30. The highest BCUT2D eigenvalue weighted by Crippen LogP contribution is 2.33. The third-order valence-corrected chi connectivity index (χ3v) is 4.97. The molecule has 1 aromatic heterocycles. The minimum Gasteiger partial charge on any atom is -0.343 e. The highest BCUT2D eigenvalue weighted by molar-refractivity contribution is 5.77. The number of H-pyrrole nitrogens is 1. The van der Waals surface area contributed by atoms with E-state index in [1.54, 1.807) is 0 Å². The average Bonchev–Trinajstić information content (AvgIpc) is 3.27. The van der Waals surface area contributed by atoms with Crippen molar-refractivity contribution in [3.8, 4) is 0 Å². The van der Waals surface area contributed by atoms with Crippen LogP contribution in [0.5, 0.6) is 0 Å². The SMILES string of the molecule is O=C(CC1CC1)N1CCC(n2c(=O)[nH]c3ccccc32)CC1. The second-order valence-corrected chi connectivity index (χ2v) is 6.58. The van der Waals surface area contributed by atoms with Crippen molar-refractivity contribution in [2.45, 2.75) is 38.1 Å². The lowest BCUT2D eigenvalue weighted by Crippen LogP contribution is -2.40. The van der Waals surface area contributed by atoms with E-state index in [1.165, 1.54) is 12.8 Å². The summed E-state index contributed by atoms with van der Waals surface area (Å²) in [5.74, 6) is 0.939. The maximum Gasteiger partial charge on any atom is 0.326 e. The maximum absolute atomic E-state index is 12.2. The van der Waals surface area contributed by atoms with Gasteiger partial charge in [-0.25, -0.2) is 4.79 Å². The van der Waals surface area contributed by atoms with Crippen molar-refractivity contribution in [1.29, 1.82) is 0 Å². The number of aromatic nitrogens is 2. The van der Waals surface area contributed by atoms with Crippen molar-refractivity contribution in [3.63, 3.8) is 0 Å². The summed E-state index contributed by atoms with van der Waals surface area (Å²) in [5.41, 5.74) is 1.82. The molecule has 0 unspecified atom stereocenters. The number of benzene rings is 1. The van der Waals surface area contributed by atoms with Crippen LogP contribution in [0.25, 0.3) is 11.0 Å². The lowest BCUT2D eigenvalue weighted by atomic mass is 10.0. The Bertz CT molecular complexity index is 749. The molecule has 0 atom stereocenters. The number of aromatic amines is 1. The van der Waals surface area contributed by atoms with Crippen LogP contribution in [-0.2, 0) is 4.79 Å². The van der Waals surface area contributed by atoms with Gasteiger partial charge in [0.2, 0.25) is 5.91 Å². The number of piperidine rings is 1. The Labute approximate surface area is 128 Å². The fraction of sp³-hybridized carbons (Fsp3) is 0.529. The molecule has 1 aliphatic carbocycles. The molecule has 1 N–H and O–H groups in total. The molecule has 2 aliphatic rings. The standard InChI is InChI=1S/C17H21N3O2/c21-16(11-12-5-6-12)19-9-7-13(8-10-19)20-15-4-2-1-3-14(15)18-17(20)22/h1-4,12-13H,5-11H2,(H,18,22). The molecule has 1 saturated heterocycles. The van der Waals surface area contributed by atoms with E-state index in [1.807, 2.05) is 33.7 Å². The number of imidazole rings is 1. The Balaban J connectivity index is 1.49. The third-order valence-electron chi connectivity index (χ3n) is 4.97. The molecule has 4 rings (SSSR count). The van der Waals surface area contributed by atoms with Crippen LogP contribution in [0.2, 0.25) is 0 Å². The molecule has 5 heteroatoms. The van der Waals surface area contributed by atoms with E-state index in [9.17, 15) is 9.59 Å². The number of nitrogens with zero attached hydrogens (tertiary/aromatic N) is 2. The number of carbonyl (C=O) groups is 1. The zero-order valence-corrected chi connectivity index (χ0v) is 12.6. The second-order valence-electron chi connectivity index (χ2n) is 6.58. The molecule has 1 saturated carbocycles. The van der Waals surface area contributed by atoms with Gasteiger partial charge in [0.15, 0.2) is 0 Å². The van der Waals surface area contributed by atoms with Gasteiger partial charge in [0, 0.05) is 25.6 Å². The van der Waals surface area contributed by atoms with Crippen molar-refractivity contribution in [1.82, 2.24) is 14.5 Å². The number of nitrogens with one attached hydrogen (secondary N) is 1. The molecule has 0 spiro atoms. The van der Waals surface area contributed by atoms with Crippen molar-refractivity contribution in [2.75, 3.05) is 13.1 Å². The molecule has 22 heavy (non-hydrogen) atoms. The molecule has 1 aromatic carbocycles. The van der Waals surface area contributed by atoms with Crippen LogP contribution in [0.1, 0.15) is 38.1 Å². The number of carbonyl (C=O) groups excluding carboxylic acids is 1. The van der Waals surface area contributed by atoms with Gasteiger partial charge in [0.1, 0.15) is 0 Å². The maximum atomic E-state index is 12.2. The van der Waals surface area contributed by atoms with Crippen LogP contribution >= 0.6 is 0 Å². The number of fused-ring (bicyclic) bond motifs is 1. The number of rotatable bonds is 3. The molecule has 2 heterocycles. The van der Waals surface area contributed by atoms with E-state index < -0.39 is 0 Å². The Kier molecular flexibility index (Phi) is 3.28. The summed E-state index contributed by atoms with van der Waals surface area (Å²) in [6.07, 6.45) is 4.87. The predicted molar refractivity (Wildman–Crippen MR) is 84.8 cm³/mol. The molecular formula is C17H21N3O2. The van der Waals surface area contributed by atoms with Gasteiger partial charge in [-0.15, -0.1) is 0 Å². The first-order valence-corrected chi connectivity index (χ1v) is 8.19. The molecule has 5 nitrogen and oxygen atoms in total. The summed E-state index contributed by atoms with van der Waals surface area (Å²) in [4.78, 5) is 29.3. The van der Waals surface area contributed by atoms with Gasteiger partial charge in [-0.3, -0.25) is 9.36 Å². The minimum atomic E-state index is -0.0380. The summed E-state index contributed by atoms with van der Waals surface area (Å²) < 4.78 is 1.87. The Morgan fingerprint density at radius 3 is 2.59 bits per heavy atom. The van der Waals surface area contributed by atoms with Crippen LogP contribution in [0.3, 0.4) is 0 Å². The molecule has 2 fully saturated rings. The quantitative estimate of drug-likeness (QED) is 0.945. The number of hydrogen-bond donors (Lipinski definition) is 1. The van der Waals surface area contributed by atoms with Crippen LogP contribution in [-0.4, -0.2) is 33.4 Å². The largest absolute Gasteiger partial charge is 0.343 e. The summed E-state index contributed by atoms with van der Waals surface area (Å²) in [6.45, 7) is 1.53. The monoisotopic (exact) mass is 299 g/mol. The summed E-state index contributed by atoms with van der Waals surface area (Å²) >= 11 is 0. The molecular weight excluding hydrogens is 278 g/mol. The lowest BCUT2D eigenvalue weighted by molar-refractivity contribution is -0.132. The number of para-hydroxylation sites is 2. The zero-order valence-electron chi connectivity index (χ0n) is 12.6. The van der Waals surface area contributed by atoms with Gasteiger partial charge in [0.05, 0.1) is 11.0 Å². The van der Waals surface area contributed by atoms with Crippen molar-refractivity contribution in [2.24, 2.45) is 5.92 Å². The summed E-state index contributed by atoms with van der Waals surface area (Å²) in [7, 11) is 0. The predicted octanol–water partition coefficient (Wildman–Crippen LogP) is 2.29. The van der Waals surface area contributed by atoms with Gasteiger partial charge >= 0.3 is 5.69 Å². The van der Waals surface area contributed by atoms with Crippen molar-refractivity contribution < 1.29 is 4.79 Å². The molecule has 1 aliphatic heterocycles. The Morgan fingerprint density at radius 2 is 1.86 bits per heavy atom. The van der Waals surface area contributed by atoms with Crippen LogP contribution in [0.4, 0.5) is 0 Å². The molecule has 116 valence electrons. The molecule has 2 aromatic rings. The first-order valence-electron chi connectivity index (χ1n) is 8.19. The van der Waals surface area contributed by atoms with E-state index in [0.29, 0.717) is 11.8 Å². The fourth-order valence-electron chi connectivity index (χ4n) is 3.51. The van der Waals surface area contributed by atoms with Crippen molar-refractivity contribution >= 4 is 16.9 Å². The normalized spacial score (nSPS) is 19.7. The van der Waals surface area contributed by atoms with E-state index >= 15 is 0 Å². The van der Waals surface area contributed by atoms with E-state index in [2.05, 4.69) is 4.98 Å². The van der Waals surface area contributed by atoms with Crippen LogP contribution < -0.4 is 5.69 Å². The fourth-order valence-corrected chi connectivity index (χ4v) is 3.51. The second kappa shape index (κ2) is 5.30. The lowest BCUT2D eigenvalue weighted by Gasteiger charge is -2.32.